The lowest BCUT2D eigenvalue weighted by atomic mass is 10.1. The zero-order chi connectivity index (χ0) is 16.3. The van der Waals surface area contributed by atoms with Crippen LogP contribution in [0.15, 0.2) is 18.2 Å². The zero-order valence-electron chi connectivity index (χ0n) is 12.6. The lowest BCUT2D eigenvalue weighted by molar-refractivity contribution is -0.0174. The van der Waals surface area contributed by atoms with Gasteiger partial charge in [-0.2, -0.15) is 12.7 Å². The van der Waals surface area contributed by atoms with Crippen molar-refractivity contribution in [2.75, 3.05) is 19.7 Å². The highest BCUT2D eigenvalue weighted by molar-refractivity contribution is 7.87. The molecule has 124 valence electrons. The normalized spacial score (nSPS) is 23.6. The molecule has 0 radical (unpaired) electrons. The Hall–Kier alpha value is -1.09. The highest BCUT2D eigenvalue weighted by atomic mass is 32.2. The van der Waals surface area contributed by atoms with Crippen molar-refractivity contribution in [1.82, 2.24) is 9.03 Å². The van der Waals surface area contributed by atoms with Crippen LogP contribution in [0, 0.1) is 11.6 Å². The predicted molar refractivity (Wildman–Crippen MR) is 78.6 cm³/mol. The number of nitrogens with one attached hydrogen (secondary N) is 1. The number of halogens is 2. The van der Waals surface area contributed by atoms with E-state index in [1.807, 2.05) is 6.92 Å². The molecule has 0 amide bonds. The van der Waals surface area contributed by atoms with Gasteiger partial charge in [0.2, 0.25) is 0 Å². The fourth-order valence-electron chi connectivity index (χ4n) is 2.33. The molecule has 2 atom stereocenters. The molecule has 1 fully saturated rings. The Morgan fingerprint density at radius 3 is 2.77 bits per heavy atom. The molecule has 2 rings (SSSR count). The molecule has 1 aromatic carbocycles. The topological polar surface area (TPSA) is 58.6 Å². The van der Waals surface area contributed by atoms with Gasteiger partial charge in [0.15, 0.2) is 0 Å². The molecule has 8 heteroatoms. The fourth-order valence-corrected chi connectivity index (χ4v) is 3.80. The van der Waals surface area contributed by atoms with Gasteiger partial charge in [-0.25, -0.2) is 13.5 Å². The standard InChI is InChI=1S/C14H20F2N2O3S/c1-10-9-21-11(2)8-18(10)22(19,20)17-6-5-12-3-4-13(15)7-14(12)16/h3-4,7,10-11,17H,5-6,8-9H2,1-2H3/t10-,11+/m1/s1. The van der Waals surface area contributed by atoms with E-state index in [1.165, 1.54) is 10.4 Å². The SMILES string of the molecule is C[C@@H]1CO[C@@H](C)CN1S(=O)(=O)NCCc1ccc(F)cc1F. The van der Waals surface area contributed by atoms with E-state index in [9.17, 15) is 17.2 Å². The largest absolute Gasteiger partial charge is 0.375 e. The maximum absolute atomic E-state index is 13.5. The molecule has 5 nitrogen and oxygen atoms in total. The average Bonchev–Trinajstić information content (AvgIpc) is 2.44. The summed E-state index contributed by atoms with van der Waals surface area (Å²) in [5, 5.41) is 0. The first-order valence-electron chi connectivity index (χ1n) is 7.11. The molecule has 0 spiro atoms. The van der Waals surface area contributed by atoms with Crippen LogP contribution in [0.5, 0.6) is 0 Å². The predicted octanol–water partition coefficient (Wildman–Crippen LogP) is 1.45. The first-order valence-corrected chi connectivity index (χ1v) is 8.55. The van der Waals surface area contributed by atoms with Crippen LogP contribution in [0.25, 0.3) is 0 Å². The third-order valence-electron chi connectivity index (χ3n) is 3.55. The van der Waals surface area contributed by atoms with E-state index in [2.05, 4.69) is 4.72 Å². The van der Waals surface area contributed by atoms with Gasteiger partial charge in [-0.3, -0.25) is 0 Å². The summed E-state index contributed by atoms with van der Waals surface area (Å²) in [6.07, 6.45) is -0.0121. The van der Waals surface area contributed by atoms with Gasteiger partial charge in [0.1, 0.15) is 11.6 Å². The third-order valence-corrected chi connectivity index (χ3v) is 5.25. The Labute approximate surface area is 129 Å². The average molecular weight is 334 g/mol. The Morgan fingerprint density at radius 2 is 2.09 bits per heavy atom. The molecular formula is C14H20F2N2O3S. The Balaban J connectivity index is 1.95. The quantitative estimate of drug-likeness (QED) is 0.887. The van der Waals surface area contributed by atoms with Crippen molar-refractivity contribution in [3.8, 4) is 0 Å². The second kappa shape index (κ2) is 6.99. The monoisotopic (exact) mass is 334 g/mol. The molecule has 1 aromatic rings. The van der Waals surface area contributed by atoms with Gasteiger partial charge in [-0.05, 0) is 31.9 Å². The first kappa shape index (κ1) is 17.3. The zero-order valence-corrected chi connectivity index (χ0v) is 13.4. The minimum atomic E-state index is -3.65. The second-order valence-electron chi connectivity index (χ2n) is 5.45. The number of hydrogen-bond acceptors (Lipinski definition) is 3. The Bertz CT molecular complexity index is 625. The van der Waals surface area contributed by atoms with Crippen LogP contribution in [-0.2, 0) is 21.4 Å². The van der Waals surface area contributed by atoms with Crippen LogP contribution >= 0.6 is 0 Å². The minimum absolute atomic E-state index is 0.0450. The molecule has 1 heterocycles. The lowest BCUT2D eigenvalue weighted by Crippen LogP contribution is -2.54. The van der Waals surface area contributed by atoms with Crippen LogP contribution in [0.4, 0.5) is 8.78 Å². The summed E-state index contributed by atoms with van der Waals surface area (Å²) in [5.74, 6) is -1.33. The van der Waals surface area contributed by atoms with Crippen molar-refractivity contribution in [2.45, 2.75) is 32.4 Å². The summed E-state index contributed by atoms with van der Waals surface area (Å²) in [6.45, 7) is 4.24. The molecule has 1 aliphatic rings. The van der Waals surface area contributed by atoms with Crippen molar-refractivity contribution in [3.63, 3.8) is 0 Å². The fraction of sp³-hybridized carbons (Fsp3) is 0.571. The van der Waals surface area contributed by atoms with Crippen molar-refractivity contribution in [2.24, 2.45) is 0 Å². The van der Waals surface area contributed by atoms with Crippen LogP contribution in [0.1, 0.15) is 19.4 Å². The molecule has 0 aromatic heterocycles. The molecule has 1 saturated heterocycles. The number of benzene rings is 1. The molecule has 22 heavy (non-hydrogen) atoms. The summed E-state index contributed by atoms with van der Waals surface area (Å²) >= 11 is 0. The Kier molecular flexibility index (Phi) is 5.49. The van der Waals surface area contributed by atoms with Crippen molar-refractivity contribution < 1.29 is 21.9 Å². The van der Waals surface area contributed by atoms with Crippen LogP contribution in [0.3, 0.4) is 0 Å². The van der Waals surface area contributed by atoms with Crippen LogP contribution in [0.2, 0.25) is 0 Å². The highest BCUT2D eigenvalue weighted by Gasteiger charge is 2.32. The molecule has 0 unspecified atom stereocenters. The molecule has 1 N–H and O–H groups in total. The maximum Gasteiger partial charge on any atom is 0.279 e. The minimum Gasteiger partial charge on any atom is -0.375 e. The number of nitrogens with zero attached hydrogens (tertiary/aromatic N) is 1. The van der Waals surface area contributed by atoms with Gasteiger partial charge >= 0.3 is 0 Å². The summed E-state index contributed by atoms with van der Waals surface area (Å²) in [5.41, 5.74) is 0.271. The molecule has 0 bridgehead atoms. The number of hydrogen-bond donors (Lipinski definition) is 1. The summed E-state index contributed by atoms with van der Waals surface area (Å²) in [7, 11) is -3.65. The molecule has 1 aliphatic heterocycles. The summed E-state index contributed by atoms with van der Waals surface area (Å²) in [6, 6.07) is 3.00. The molecule has 0 saturated carbocycles. The van der Waals surface area contributed by atoms with Gasteiger partial charge < -0.3 is 4.74 Å². The van der Waals surface area contributed by atoms with Gasteiger partial charge in [0.25, 0.3) is 10.2 Å². The first-order chi connectivity index (χ1) is 10.3. The van der Waals surface area contributed by atoms with Crippen molar-refractivity contribution in [3.05, 3.63) is 35.4 Å². The van der Waals surface area contributed by atoms with E-state index in [1.54, 1.807) is 6.92 Å². The number of morpholine rings is 1. The lowest BCUT2D eigenvalue weighted by Gasteiger charge is -2.35. The smallest absolute Gasteiger partial charge is 0.279 e. The van der Waals surface area contributed by atoms with Crippen LogP contribution in [-0.4, -0.2) is 44.6 Å². The number of rotatable bonds is 5. The second-order valence-corrected chi connectivity index (χ2v) is 7.16. The van der Waals surface area contributed by atoms with E-state index in [0.717, 1.165) is 12.1 Å². The maximum atomic E-state index is 13.5. The van der Waals surface area contributed by atoms with Crippen molar-refractivity contribution >= 4 is 10.2 Å². The van der Waals surface area contributed by atoms with Crippen molar-refractivity contribution in [1.29, 1.82) is 0 Å². The highest BCUT2D eigenvalue weighted by Crippen LogP contribution is 2.15. The van der Waals surface area contributed by atoms with E-state index < -0.39 is 21.8 Å². The van der Waals surface area contributed by atoms with Gasteiger partial charge in [0, 0.05) is 25.2 Å². The van der Waals surface area contributed by atoms with Gasteiger partial charge in [-0.15, -0.1) is 0 Å². The van der Waals surface area contributed by atoms with Gasteiger partial charge in [-0.1, -0.05) is 6.07 Å². The summed E-state index contributed by atoms with van der Waals surface area (Å²) in [4.78, 5) is 0. The summed E-state index contributed by atoms with van der Waals surface area (Å²) < 4.78 is 60.1. The van der Waals surface area contributed by atoms with E-state index in [0.29, 0.717) is 6.61 Å². The molecular weight excluding hydrogens is 314 g/mol. The molecule has 0 aliphatic carbocycles. The third kappa shape index (κ3) is 4.22. The Morgan fingerprint density at radius 1 is 1.36 bits per heavy atom. The van der Waals surface area contributed by atoms with Crippen LogP contribution < -0.4 is 4.72 Å². The van der Waals surface area contributed by atoms with E-state index in [-0.39, 0.29) is 37.2 Å². The van der Waals surface area contributed by atoms with E-state index >= 15 is 0 Å². The van der Waals surface area contributed by atoms with E-state index in [4.69, 9.17) is 4.74 Å². The van der Waals surface area contributed by atoms with Gasteiger partial charge in [0.05, 0.1) is 12.7 Å². The number of ether oxygens (including phenoxy) is 1.